The molecule has 0 bridgehead atoms. The Hall–Kier alpha value is -3.71. The molecule has 4 rings (SSSR count). The Labute approximate surface area is 210 Å². The van der Waals surface area contributed by atoms with E-state index < -0.39 is 33.8 Å². The molecule has 2 aromatic heterocycles. The van der Waals surface area contributed by atoms with Gasteiger partial charge in [-0.3, -0.25) is 14.8 Å². The first-order valence-corrected chi connectivity index (χ1v) is 12.7. The second kappa shape index (κ2) is 10.3. The van der Waals surface area contributed by atoms with Crippen molar-refractivity contribution in [1.29, 1.82) is 0 Å². The Morgan fingerprint density at radius 2 is 2.05 bits per heavy atom. The molecule has 1 fully saturated rings. The molecule has 1 saturated heterocycles. The predicted octanol–water partition coefficient (Wildman–Crippen LogP) is 3.12. The highest BCUT2D eigenvalue weighted by Crippen LogP contribution is 2.30. The minimum absolute atomic E-state index is 0.00115. The molecule has 3 N–H and O–H groups in total. The van der Waals surface area contributed by atoms with Crippen LogP contribution in [0.5, 0.6) is 0 Å². The number of allylic oxidation sites excluding steroid dienone is 2. The number of amides is 1. The number of nitrogens with zero attached hydrogens (tertiary/aromatic N) is 3. The van der Waals surface area contributed by atoms with Crippen molar-refractivity contribution in [2.75, 3.05) is 13.6 Å². The zero-order chi connectivity index (χ0) is 26.8. The van der Waals surface area contributed by atoms with Crippen LogP contribution in [-0.4, -0.2) is 55.1 Å². The molecule has 3 aromatic rings. The summed E-state index contributed by atoms with van der Waals surface area (Å²) in [6.45, 7) is 0.166. The molecular formula is C24H24F3N5O4S. The number of nitrogens with two attached hydrogens (primary N) is 1. The Bertz CT molecular complexity index is 1450. The molecule has 37 heavy (non-hydrogen) atoms. The van der Waals surface area contributed by atoms with Crippen LogP contribution in [0.1, 0.15) is 24.1 Å². The third kappa shape index (κ3) is 5.67. The summed E-state index contributed by atoms with van der Waals surface area (Å²) in [4.78, 5) is 20.8. The van der Waals surface area contributed by atoms with Gasteiger partial charge in [-0.05, 0) is 42.7 Å². The molecule has 1 amide bonds. The quantitative estimate of drug-likeness (QED) is 0.447. The number of hydrogen-bond acceptors (Lipinski definition) is 7. The number of pyridine rings is 1. The third-order valence-electron chi connectivity index (χ3n) is 5.89. The van der Waals surface area contributed by atoms with Crippen molar-refractivity contribution in [3.8, 4) is 0 Å². The number of furan rings is 1. The lowest BCUT2D eigenvalue weighted by atomic mass is 10.1. The van der Waals surface area contributed by atoms with Gasteiger partial charge in [-0.15, -0.1) is 0 Å². The van der Waals surface area contributed by atoms with E-state index in [4.69, 9.17) is 10.2 Å². The van der Waals surface area contributed by atoms with Gasteiger partial charge in [-0.2, -0.15) is 17.5 Å². The molecule has 0 unspecified atom stereocenters. The van der Waals surface area contributed by atoms with Gasteiger partial charge >= 0.3 is 6.18 Å². The number of sulfonamides is 1. The molecule has 1 atom stereocenters. The van der Waals surface area contributed by atoms with Gasteiger partial charge < -0.3 is 15.5 Å². The van der Waals surface area contributed by atoms with E-state index in [2.05, 4.69) is 15.3 Å². The van der Waals surface area contributed by atoms with Crippen molar-refractivity contribution in [1.82, 2.24) is 14.6 Å². The van der Waals surface area contributed by atoms with Gasteiger partial charge in [-0.1, -0.05) is 18.2 Å². The fraction of sp³-hybridized carbons (Fsp3) is 0.292. The van der Waals surface area contributed by atoms with Crippen LogP contribution in [0.2, 0.25) is 0 Å². The maximum Gasteiger partial charge on any atom is 0.430 e. The van der Waals surface area contributed by atoms with E-state index >= 15 is 0 Å². The topological polar surface area (TPSA) is 131 Å². The molecule has 196 valence electrons. The van der Waals surface area contributed by atoms with Crippen LogP contribution >= 0.6 is 0 Å². The molecule has 1 aliphatic rings. The predicted molar refractivity (Wildman–Crippen MR) is 130 cm³/mol. The first-order valence-electron chi connectivity index (χ1n) is 11.3. The smallest absolute Gasteiger partial charge is 0.430 e. The zero-order valence-electron chi connectivity index (χ0n) is 19.7. The van der Waals surface area contributed by atoms with Crippen molar-refractivity contribution in [2.45, 2.75) is 36.7 Å². The Kier molecular flexibility index (Phi) is 7.37. The van der Waals surface area contributed by atoms with Gasteiger partial charge in [0.2, 0.25) is 11.0 Å². The number of para-hydroxylation sites is 1. The molecule has 9 nitrogen and oxygen atoms in total. The molecule has 0 aliphatic carbocycles. The lowest BCUT2D eigenvalue weighted by molar-refractivity contribution is -0.124. The Balaban J connectivity index is 1.47. The summed E-state index contributed by atoms with van der Waals surface area (Å²) in [6, 6.07) is 10.4. The molecule has 13 heteroatoms. The van der Waals surface area contributed by atoms with Gasteiger partial charge in [0, 0.05) is 37.8 Å². The summed E-state index contributed by atoms with van der Waals surface area (Å²) in [5, 5.41) is 3.11. The highest BCUT2D eigenvalue weighted by molar-refractivity contribution is 7.89. The van der Waals surface area contributed by atoms with E-state index in [-0.39, 0.29) is 29.6 Å². The summed E-state index contributed by atoms with van der Waals surface area (Å²) >= 11 is 0. The fourth-order valence-corrected chi connectivity index (χ4v) is 5.61. The van der Waals surface area contributed by atoms with Crippen molar-refractivity contribution >= 4 is 32.6 Å². The number of fused-ring (bicyclic) bond motifs is 1. The maximum atomic E-state index is 13.2. The zero-order valence-corrected chi connectivity index (χ0v) is 20.5. The first kappa shape index (κ1) is 26.4. The van der Waals surface area contributed by atoms with Gasteiger partial charge in [0.15, 0.2) is 0 Å². The number of rotatable bonds is 7. The second-order valence-electron chi connectivity index (χ2n) is 8.35. The summed E-state index contributed by atoms with van der Waals surface area (Å²) in [6.07, 6.45) is -1.82. The first-order chi connectivity index (χ1) is 17.5. The van der Waals surface area contributed by atoms with Gasteiger partial charge in [0.1, 0.15) is 17.3 Å². The van der Waals surface area contributed by atoms with Crippen LogP contribution in [0.4, 0.5) is 13.2 Å². The highest BCUT2D eigenvalue weighted by Gasteiger charge is 2.41. The van der Waals surface area contributed by atoms with Crippen LogP contribution < -0.4 is 11.1 Å². The number of alkyl halides is 3. The molecule has 1 aliphatic heterocycles. The van der Waals surface area contributed by atoms with Crippen molar-refractivity contribution in [3.63, 3.8) is 0 Å². The number of carbonyl (C=O) groups is 1. The molecular weight excluding hydrogens is 511 g/mol. The van der Waals surface area contributed by atoms with Crippen molar-refractivity contribution < 1.29 is 30.8 Å². The number of halogens is 3. The van der Waals surface area contributed by atoms with E-state index in [1.807, 2.05) is 0 Å². The van der Waals surface area contributed by atoms with Crippen molar-refractivity contribution in [2.24, 2.45) is 10.7 Å². The van der Waals surface area contributed by atoms with E-state index in [0.717, 1.165) is 4.31 Å². The number of carbonyl (C=O) groups excluding carboxylic acids is 1. The fourth-order valence-electron chi connectivity index (χ4n) is 4.00. The van der Waals surface area contributed by atoms with E-state index in [1.54, 1.807) is 30.3 Å². The lowest BCUT2D eigenvalue weighted by Crippen LogP contribution is -2.45. The minimum Gasteiger partial charge on any atom is -0.443 e. The number of aromatic nitrogens is 1. The van der Waals surface area contributed by atoms with Crippen molar-refractivity contribution in [3.05, 3.63) is 71.7 Å². The van der Waals surface area contributed by atoms with Gasteiger partial charge in [-0.25, -0.2) is 8.42 Å². The molecule has 0 spiro atoms. The Morgan fingerprint density at radius 1 is 1.30 bits per heavy atom. The number of aliphatic imine (C=N–C) groups is 1. The minimum atomic E-state index is -4.71. The largest absolute Gasteiger partial charge is 0.443 e. The standard InChI is InChI=1S/C24H24F3N5O4S/c1-29-17(13-21(28)24(25,26)27)18-11-15(8-9-30-18)14-31-23(33)19-6-4-10-32(19)37(34,35)22-12-16-5-2-3-7-20(16)36-22/h2-3,5,7-9,11-13,19H,4,6,10,14,28H2,1H3,(H,31,33)/t19-/m0/s1. The lowest BCUT2D eigenvalue weighted by Gasteiger charge is -2.22. The SMILES string of the molecule is CN=C(C=C(N)C(F)(F)F)c1cc(CNC(=O)[C@@H]2CCCN2S(=O)(=O)c2cc3ccccc3o2)ccn1. The summed E-state index contributed by atoms with van der Waals surface area (Å²) in [5.41, 5.74) is 4.79. The molecule has 0 saturated carbocycles. The van der Waals surface area contributed by atoms with Crippen LogP contribution in [-0.2, 0) is 21.4 Å². The number of hydrogen-bond donors (Lipinski definition) is 2. The summed E-state index contributed by atoms with van der Waals surface area (Å²) < 4.78 is 71.6. The van der Waals surface area contributed by atoms with E-state index in [1.165, 1.54) is 25.4 Å². The average Bonchev–Trinajstić information content (AvgIpc) is 3.53. The number of nitrogens with one attached hydrogen (secondary N) is 1. The highest BCUT2D eigenvalue weighted by atomic mass is 32.2. The summed E-state index contributed by atoms with van der Waals surface area (Å²) in [5.74, 6) is -0.499. The third-order valence-corrected chi connectivity index (χ3v) is 7.65. The Morgan fingerprint density at radius 3 is 2.76 bits per heavy atom. The van der Waals surface area contributed by atoms with Crippen LogP contribution in [0.15, 0.2) is 74.9 Å². The average molecular weight is 536 g/mol. The van der Waals surface area contributed by atoms with E-state index in [9.17, 15) is 26.4 Å². The summed E-state index contributed by atoms with van der Waals surface area (Å²) in [7, 11) is -2.74. The van der Waals surface area contributed by atoms with Crippen LogP contribution in [0, 0.1) is 0 Å². The van der Waals surface area contributed by atoms with Crippen LogP contribution in [0.25, 0.3) is 11.0 Å². The van der Waals surface area contributed by atoms with Gasteiger partial charge in [0.25, 0.3) is 10.0 Å². The van der Waals surface area contributed by atoms with Crippen LogP contribution in [0.3, 0.4) is 0 Å². The molecule has 0 radical (unpaired) electrons. The van der Waals surface area contributed by atoms with E-state index in [0.29, 0.717) is 35.5 Å². The molecule has 1 aromatic carbocycles. The monoisotopic (exact) mass is 535 g/mol. The maximum absolute atomic E-state index is 13.2. The molecule has 3 heterocycles. The number of benzene rings is 1. The van der Waals surface area contributed by atoms with Gasteiger partial charge in [0.05, 0.1) is 11.4 Å². The normalized spacial score (nSPS) is 17.9. The second-order valence-corrected chi connectivity index (χ2v) is 10.2.